The molecule has 17 nitrogen and oxygen atoms in total. The van der Waals surface area contributed by atoms with Gasteiger partial charge in [0.05, 0.1) is 18.8 Å². The van der Waals surface area contributed by atoms with Crippen LogP contribution in [0, 0.1) is 0 Å². The number of carbonyl (C=O) groups excluding carboxylic acids is 6. The van der Waals surface area contributed by atoms with E-state index < -0.39 is 23.9 Å². The van der Waals surface area contributed by atoms with Crippen molar-refractivity contribution in [1.82, 2.24) is 30.2 Å². The summed E-state index contributed by atoms with van der Waals surface area (Å²) in [5, 5.41) is 5.77. The van der Waals surface area contributed by atoms with E-state index in [9.17, 15) is 28.8 Å². The second kappa shape index (κ2) is 25.7. The first-order chi connectivity index (χ1) is 38.5. The lowest BCUT2D eigenvalue weighted by molar-refractivity contribution is -0.138. The van der Waals surface area contributed by atoms with Crippen LogP contribution in [0.2, 0.25) is 0 Å². The molecule has 2 N–H and O–H groups in total. The van der Waals surface area contributed by atoms with Gasteiger partial charge in [0, 0.05) is 74.1 Å². The summed E-state index contributed by atoms with van der Waals surface area (Å²) < 4.78 is 24.4. The van der Waals surface area contributed by atoms with Crippen molar-refractivity contribution in [2.24, 2.45) is 0 Å². The number of halogens is 1. The molecule has 420 valence electrons. The topological polar surface area (TPSA) is 180 Å². The van der Waals surface area contributed by atoms with Crippen molar-refractivity contribution in [2.75, 3.05) is 62.8 Å². The minimum atomic E-state index is -0.611. The number of rotatable bonds is 13. The van der Waals surface area contributed by atoms with E-state index in [2.05, 4.69) is 84.6 Å². The summed E-state index contributed by atoms with van der Waals surface area (Å²) in [6.07, 6.45) is 10.3. The second-order valence-electron chi connectivity index (χ2n) is 21.6. The van der Waals surface area contributed by atoms with E-state index in [-0.39, 0.29) is 36.5 Å². The fourth-order valence-corrected chi connectivity index (χ4v) is 12.5. The number of likely N-dealkylation sites (tertiary alicyclic amines) is 2. The van der Waals surface area contributed by atoms with Crippen molar-refractivity contribution in [3.05, 3.63) is 112 Å². The van der Waals surface area contributed by atoms with Gasteiger partial charge in [-0.15, -0.1) is 0 Å². The van der Waals surface area contributed by atoms with Crippen LogP contribution in [0.25, 0.3) is 0 Å². The Labute approximate surface area is 471 Å². The molecule has 12 rings (SSSR count). The molecule has 8 aliphatic heterocycles. The summed E-state index contributed by atoms with van der Waals surface area (Å²) in [5.41, 5.74) is 8.15. The summed E-state index contributed by atoms with van der Waals surface area (Å²) >= 11 is 3.15. The number of para-hydroxylation sites is 1. The number of hydrogen-bond donors (Lipinski definition) is 2. The number of nitrogens with one attached hydrogen (secondary N) is 2. The normalized spacial score (nSPS) is 22.8. The Balaban J connectivity index is 0.000000170. The largest absolute Gasteiger partial charge is 0.493 e. The van der Waals surface area contributed by atoms with Crippen LogP contribution in [0.3, 0.4) is 0 Å². The van der Waals surface area contributed by atoms with Gasteiger partial charge in [-0.05, 0) is 148 Å². The monoisotopic (exact) mass is 1140 g/mol. The third kappa shape index (κ3) is 12.8. The molecule has 18 heteroatoms. The van der Waals surface area contributed by atoms with E-state index in [0.717, 1.165) is 118 Å². The zero-order valence-electron chi connectivity index (χ0n) is 45.6. The van der Waals surface area contributed by atoms with Crippen molar-refractivity contribution in [3.63, 3.8) is 0 Å². The zero-order chi connectivity index (χ0) is 55.0. The third-order valence-corrected chi connectivity index (χ3v) is 16.6. The molecule has 0 radical (unpaired) electrons. The minimum absolute atomic E-state index is 0.162. The maximum atomic E-state index is 13.0. The van der Waals surface area contributed by atoms with Gasteiger partial charge in [-0.3, -0.25) is 49.2 Å². The summed E-state index contributed by atoms with van der Waals surface area (Å²) in [4.78, 5) is 84.3. The number of nitrogens with zero attached hydrogens (tertiary/aromatic N) is 5. The number of imide groups is 2. The van der Waals surface area contributed by atoms with E-state index >= 15 is 0 Å². The highest BCUT2D eigenvalue weighted by atomic mass is 79.9. The van der Waals surface area contributed by atoms with Crippen LogP contribution in [0.5, 0.6) is 23.0 Å². The van der Waals surface area contributed by atoms with Gasteiger partial charge >= 0.3 is 0 Å². The maximum absolute atomic E-state index is 13.0. The number of benzene rings is 4. The first-order valence-electron chi connectivity index (χ1n) is 28.6. The average Bonchev–Trinajstić information content (AvgIpc) is 4.07. The Morgan fingerprint density at radius 2 is 1.10 bits per heavy atom. The Bertz CT molecular complexity index is 2920. The van der Waals surface area contributed by atoms with Gasteiger partial charge in [0.15, 0.2) is 0 Å². The van der Waals surface area contributed by atoms with Crippen LogP contribution in [0.1, 0.15) is 133 Å². The van der Waals surface area contributed by atoms with Crippen molar-refractivity contribution in [1.29, 1.82) is 0 Å². The molecule has 4 aromatic rings. The molecule has 8 heterocycles. The highest BCUT2D eigenvalue weighted by Gasteiger charge is 2.41. The molecule has 4 aromatic carbocycles. The standard InChI is InChI=1S/C30H36N4O5.C29H33N3O5.C2H5Br/c1-2-32-14-15-38-26-8-5-6-20(28(26)32)17-33-13-4-3-7-22(33)19-39-23-9-10-24-21(16-23)18-34(30(24)37)25-11-12-27(35)31-29(25)36;33-27-12-11-25(28(34)30-27)32-17-20-15-22(9-10-24(20)29(32)35)37-18-21-6-1-2-13-31(21)16-19-5-3-8-26-23(19)7-4-14-36-26;1-2-3/h5-6,8-10,16,22,25H,2-4,7,11-15,17-19H2,1H3,(H,31,35,36);3,5,8-10,15,21,25H,1-2,4,6-7,11-14,16-18H2,(H,30,33,34);2H2,1H3/t22-,25?;21-,25?;/m11./s1. The number of fused-ring (bicyclic) bond motifs is 4. The lowest BCUT2D eigenvalue weighted by atomic mass is 9.97. The molecule has 4 fully saturated rings. The minimum Gasteiger partial charge on any atom is -0.493 e. The fourth-order valence-electron chi connectivity index (χ4n) is 12.5. The Hall–Kier alpha value is -6.50. The lowest BCUT2D eigenvalue weighted by Crippen LogP contribution is -2.52. The Morgan fingerprint density at radius 3 is 1.65 bits per heavy atom. The quantitative estimate of drug-likeness (QED) is 0.0984. The number of ether oxygens (including phenoxy) is 4. The van der Waals surface area contributed by atoms with E-state index in [1.165, 1.54) is 48.1 Å². The van der Waals surface area contributed by atoms with E-state index in [0.29, 0.717) is 62.4 Å². The number of piperidine rings is 4. The molecule has 6 amide bonds. The van der Waals surface area contributed by atoms with Crippen molar-refractivity contribution in [2.45, 2.75) is 141 Å². The van der Waals surface area contributed by atoms with Crippen molar-refractivity contribution in [3.8, 4) is 23.0 Å². The molecule has 0 bridgehead atoms. The molecule has 4 saturated heterocycles. The van der Waals surface area contributed by atoms with Gasteiger partial charge in [0.2, 0.25) is 23.6 Å². The van der Waals surface area contributed by atoms with Crippen LogP contribution in [0.4, 0.5) is 5.69 Å². The molecule has 4 atom stereocenters. The third-order valence-electron chi connectivity index (χ3n) is 16.6. The molecule has 0 saturated carbocycles. The molecule has 8 aliphatic rings. The number of alkyl halides is 1. The first kappa shape index (κ1) is 55.8. The zero-order valence-corrected chi connectivity index (χ0v) is 47.2. The molecule has 79 heavy (non-hydrogen) atoms. The van der Waals surface area contributed by atoms with Gasteiger partial charge in [0.25, 0.3) is 11.8 Å². The van der Waals surface area contributed by atoms with E-state index in [1.807, 2.05) is 31.2 Å². The highest BCUT2D eigenvalue weighted by Crippen LogP contribution is 2.38. The van der Waals surface area contributed by atoms with Crippen LogP contribution in [-0.2, 0) is 51.8 Å². The summed E-state index contributed by atoms with van der Waals surface area (Å²) in [6.45, 7) is 13.3. The Morgan fingerprint density at radius 1 is 0.582 bits per heavy atom. The van der Waals surface area contributed by atoms with Crippen LogP contribution in [0.15, 0.2) is 72.8 Å². The molecule has 2 unspecified atom stereocenters. The highest BCUT2D eigenvalue weighted by molar-refractivity contribution is 9.09. The molecule has 0 aliphatic carbocycles. The fraction of sp³-hybridized carbons (Fsp3) is 0.508. The summed E-state index contributed by atoms with van der Waals surface area (Å²) in [5.74, 6) is 1.82. The molecule has 0 spiro atoms. The summed E-state index contributed by atoms with van der Waals surface area (Å²) in [6, 6.07) is 23.3. The van der Waals surface area contributed by atoms with Crippen molar-refractivity contribution < 1.29 is 47.7 Å². The maximum Gasteiger partial charge on any atom is 0.255 e. The van der Waals surface area contributed by atoms with Gasteiger partial charge in [-0.1, -0.05) is 60.0 Å². The number of amides is 6. The van der Waals surface area contributed by atoms with Crippen molar-refractivity contribution >= 4 is 57.1 Å². The van der Waals surface area contributed by atoms with E-state index in [1.54, 1.807) is 21.9 Å². The Kier molecular flexibility index (Phi) is 18.2. The lowest BCUT2D eigenvalue weighted by Gasteiger charge is -2.38. The number of likely N-dealkylation sites (N-methyl/N-ethyl adjacent to an activating group) is 1. The van der Waals surface area contributed by atoms with Crippen LogP contribution >= 0.6 is 15.9 Å². The van der Waals surface area contributed by atoms with Crippen LogP contribution < -0.4 is 34.5 Å². The smallest absolute Gasteiger partial charge is 0.255 e. The van der Waals surface area contributed by atoms with Crippen LogP contribution in [-0.4, -0.2) is 137 Å². The molecular weight excluding hydrogens is 1070 g/mol. The first-order valence-corrected chi connectivity index (χ1v) is 29.7. The molecule has 0 aromatic heterocycles. The number of hydrogen-bond acceptors (Lipinski definition) is 13. The second-order valence-corrected chi connectivity index (χ2v) is 22.7. The average molecular weight is 1150 g/mol. The van der Waals surface area contributed by atoms with Gasteiger partial charge in [-0.2, -0.15) is 0 Å². The number of anilines is 1. The van der Waals surface area contributed by atoms with Gasteiger partial charge in [-0.25, -0.2) is 0 Å². The predicted molar refractivity (Wildman–Crippen MR) is 302 cm³/mol. The SMILES string of the molecule is CCBr.CCN1CCOc2cccc(CN3CCCC[C@@H]3COc3ccc4c(c3)CN(C3CCC(=O)NC3=O)C4=O)c21.O=C1CCC(N2Cc3cc(OC[C@H]4CCCCN4Cc4cccc5c4CCCO5)ccc3C2=O)C(=O)N1. The summed E-state index contributed by atoms with van der Waals surface area (Å²) in [7, 11) is 0. The predicted octanol–water partition coefficient (Wildman–Crippen LogP) is 7.71. The number of carbonyl (C=O) groups is 6. The van der Waals surface area contributed by atoms with E-state index in [4.69, 9.17) is 18.9 Å². The van der Waals surface area contributed by atoms with Gasteiger partial charge < -0.3 is 33.6 Å². The molecular formula is C61H74BrN7O10. The van der Waals surface area contributed by atoms with Gasteiger partial charge in [0.1, 0.15) is 54.9 Å².